The molecule has 0 bridgehead atoms. The topological polar surface area (TPSA) is 87.0 Å². The highest BCUT2D eigenvalue weighted by molar-refractivity contribution is 5.93. The third-order valence-electron chi connectivity index (χ3n) is 1.54. The van der Waals surface area contributed by atoms with Crippen molar-refractivity contribution >= 4 is 5.97 Å². The smallest absolute Gasteiger partial charge is 0.341 e. The first kappa shape index (κ1) is 9.18. The van der Waals surface area contributed by atoms with E-state index in [0.717, 1.165) is 19.2 Å². The molecular formula is C8H8O5. The number of phenolic OH excluding ortho intramolecular Hbond substituents is 3. The summed E-state index contributed by atoms with van der Waals surface area (Å²) in [6.07, 6.45) is 0. The van der Waals surface area contributed by atoms with Crippen LogP contribution in [0.1, 0.15) is 10.4 Å². The zero-order valence-electron chi connectivity index (χ0n) is 6.81. The fourth-order valence-electron chi connectivity index (χ4n) is 0.844. The summed E-state index contributed by atoms with van der Waals surface area (Å²) in [4.78, 5) is 10.9. The largest absolute Gasteiger partial charge is 0.504 e. The second kappa shape index (κ2) is 3.22. The van der Waals surface area contributed by atoms with Gasteiger partial charge in [0, 0.05) is 0 Å². The maximum absolute atomic E-state index is 10.9. The van der Waals surface area contributed by atoms with Gasteiger partial charge in [-0.25, -0.2) is 4.79 Å². The van der Waals surface area contributed by atoms with Crippen molar-refractivity contribution in [3.05, 3.63) is 17.7 Å². The molecule has 0 fully saturated rings. The standard InChI is InChI=1S/C8H8O5/c1-13-8(12)4-2-3-5(9)7(11)6(4)10/h2-3,9-11H,1H3. The Labute approximate surface area is 73.8 Å². The third-order valence-corrected chi connectivity index (χ3v) is 1.54. The fourth-order valence-corrected chi connectivity index (χ4v) is 0.844. The van der Waals surface area contributed by atoms with Crippen molar-refractivity contribution in [2.24, 2.45) is 0 Å². The van der Waals surface area contributed by atoms with Crippen LogP contribution >= 0.6 is 0 Å². The number of hydrogen-bond acceptors (Lipinski definition) is 5. The van der Waals surface area contributed by atoms with Crippen molar-refractivity contribution in [3.63, 3.8) is 0 Å². The number of esters is 1. The van der Waals surface area contributed by atoms with Crippen LogP contribution in [0.5, 0.6) is 17.2 Å². The first-order chi connectivity index (χ1) is 6.07. The van der Waals surface area contributed by atoms with E-state index < -0.39 is 23.2 Å². The molecule has 0 atom stereocenters. The summed E-state index contributed by atoms with van der Waals surface area (Å²) in [5, 5.41) is 27.1. The van der Waals surface area contributed by atoms with Crippen molar-refractivity contribution < 1.29 is 24.9 Å². The van der Waals surface area contributed by atoms with Gasteiger partial charge in [-0.3, -0.25) is 0 Å². The molecule has 0 saturated heterocycles. The van der Waals surface area contributed by atoms with Gasteiger partial charge in [0.1, 0.15) is 5.56 Å². The van der Waals surface area contributed by atoms with Crippen LogP contribution in [0.4, 0.5) is 0 Å². The van der Waals surface area contributed by atoms with Crippen LogP contribution in [0.3, 0.4) is 0 Å². The quantitative estimate of drug-likeness (QED) is 0.439. The molecular weight excluding hydrogens is 176 g/mol. The first-order valence-corrected chi connectivity index (χ1v) is 3.40. The lowest BCUT2D eigenvalue weighted by molar-refractivity contribution is 0.0596. The van der Waals surface area contributed by atoms with Crippen molar-refractivity contribution in [1.82, 2.24) is 0 Å². The third kappa shape index (κ3) is 1.48. The van der Waals surface area contributed by atoms with Gasteiger partial charge in [0.2, 0.25) is 5.75 Å². The van der Waals surface area contributed by atoms with Crippen LogP contribution in [-0.2, 0) is 4.74 Å². The molecule has 0 saturated carbocycles. The van der Waals surface area contributed by atoms with E-state index in [0.29, 0.717) is 0 Å². The highest BCUT2D eigenvalue weighted by Crippen LogP contribution is 2.37. The lowest BCUT2D eigenvalue weighted by atomic mass is 10.2. The molecule has 0 heterocycles. The molecule has 1 aromatic carbocycles. The predicted octanol–water partition coefficient (Wildman–Crippen LogP) is 0.590. The molecule has 5 heteroatoms. The molecule has 1 rings (SSSR count). The number of aromatic hydroxyl groups is 3. The molecule has 1 aromatic rings. The minimum absolute atomic E-state index is 0.196. The molecule has 0 spiro atoms. The van der Waals surface area contributed by atoms with Gasteiger partial charge >= 0.3 is 5.97 Å². The van der Waals surface area contributed by atoms with Crippen LogP contribution in [0, 0.1) is 0 Å². The van der Waals surface area contributed by atoms with Gasteiger partial charge in [0.15, 0.2) is 11.5 Å². The lowest BCUT2D eigenvalue weighted by Crippen LogP contribution is -2.01. The van der Waals surface area contributed by atoms with Crippen molar-refractivity contribution in [1.29, 1.82) is 0 Å². The SMILES string of the molecule is COC(=O)c1ccc(O)c(O)c1O. The number of methoxy groups -OCH3 is 1. The van der Waals surface area contributed by atoms with E-state index in [1.54, 1.807) is 0 Å². The van der Waals surface area contributed by atoms with E-state index >= 15 is 0 Å². The number of ether oxygens (including phenoxy) is 1. The van der Waals surface area contributed by atoms with Crippen molar-refractivity contribution in [3.8, 4) is 17.2 Å². The van der Waals surface area contributed by atoms with E-state index in [-0.39, 0.29) is 5.56 Å². The van der Waals surface area contributed by atoms with Crippen LogP contribution in [0.25, 0.3) is 0 Å². The van der Waals surface area contributed by atoms with E-state index in [1.165, 1.54) is 0 Å². The Balaban J connectivity index is 3.26. The molecule has 5 nitrogen and oxygen atoms in total. The molecule has 70 valence electrons. The van der Waals surface area contributed by atoms with Gasteiger partial charge < -0.3 is 20.1 Å². The number of benzene rings is 1. The van der Waals surface area contributed by atoms with Crippen molar-refractivity contribution in [2.75, 3.05) is 7.11 Å². The summed E-state index contributed by atoms with van der Waals surface area (Å²) in [6, 6.07) is 2.23. The Morgan fingerprint density at radius 2 is 1.85 bits per heavy atom. The summed E-state index contributed by atoms with van der Waals surface area (Å²) in [6.45, 7) is 0. The number of hydrogen-bond donors (Lipinski definition) is 3. The highest BCUT2D eigenvalue weighted by atomic mass is 16.5. The molecule has 13 heavy (non-hydrogen) atoms. The zero-order chi connectivity index (χ0) is 10.0. The van der Waals surface area contributed by atoms with Gasteiger partial charge in [-0.05, 0) is 12.1 Å². The summed E-state index contributed by atoms with van der Waals surface area (Å²) in [5.41, 5.74) is -0.196. The average molecular weight is 184 g/mol. The van der Waals surface area contributed by atoms with Crippen LogP contribution in [0.15, 0.2) is 12.1 Å². The fraction of sp³-hybridized carbons (Fsp3) is 0.125. The van der Waals surface area contributed by atoms with Gasteiger partial charge in [-0.15, -0.1) is 0 Å². The second-order valence-corrected chi connectivity index (χ2v) is 2.32. The van der Waals surface area contributed by atoms with Crippen LogP contribution in [0.2, 0.25) is 0 Å². The molecule has 0 aliphatic carbocycles. The maximum Gasteiger partial charge on any atom is 0.341 e. The lowest BCUT2D eigenvalue weighted by Gasteiger charge is -2.04. The summed E-state index contributed by atoms with van der Waals surface area (Å²) in [5.74, 6) is -2.70. The van der Waals surface area contributed by atoms with Gasteiger partial charge in [-0.1, -0.05) is 0 Å². The molecule has 0 aliphatic heterocycles. The van der Waals surface area contributed by atoms with E-state index in [2.05, 4.69) is 4.74 Å². The molecule has 3 N–H and O–H groups in total. The summed E-state index contributed by atoms with van der Waals surface area (Å²) >= 11 is 0. The van der Waals surface area contributed by atoms with Gasteiger partial charge in [0.05, 0.1) is 7.11 Å². The Morgan fingerprint density at radius 1 is 1.23 bits per heavy atom. The van der Waals surface area contributed by atoms with Crippen LogP contribution < -0.4 is 0 Å². The normalized spacial score (nSPS) is 9.62. The molecule has 0 aliphatic rings. The van der Waals surface area contributed by atoms with E-state index in [1.807, 2.05) is 0 Å². The highest BCUT2D eigenvalue weighted by Gasteiger charge is 2.16. The summed E-state index contributed by atoms with van der Waals surface area (Å²) in [7, 11) is 1.14. The van der Waals surface area contributed by atoms with Crippen molar-refractivity contribution in [2.45, 2.75) is 0 Å². The van der Waals surface area contributed by atoms with Gasteiger partial charge in [-0.2, -0.15) is 0 Å². The first-order valence-electron chi connectivity index (χ1n) is 3.40. The molecule has 0 radical (unpaired) electrons. The Kier molecular flexibility index (Phi) is 2.27. The Hall–Kier alpha value is -1.91. The van der Waals surface area contributed by atoms with Crippen LogP contribution in [-0.4, -0.2) is 28.4 Å². The minimum atomic E-state index is -0.784. The Bertz CT molecular complexity index is 345. The zero-order valence-corrected chi connectivity index (χ0v) is 6.81. The average Bonchev–Trinajstić information content (AvgIpc) is 2.13. The van der Waals surface area contributed by atoms with E-state index in [9.17, 15) is 4.79 Å². The maximum atomic E-state index is 10.9. The number of rotatable bonds is 1. The van der Waals surface area contributed by atoms with Gasteiger partial charge in [0.25, 0.3) is 0 Å². The number of carbonyl (C=O) groups is 1. The molecule has 0 amide bonds. The minimum Gasteiger partial charge on any atom is -0.504 e. The number of phenols is 3. The Morgan fingerprint density at radius 3 is 2.38 bits per heavy atom. The number of carbonyl (C=O) groups excluding carboxylic acids is 1. The monoisotopic (exact) mass is 184 g/mol. The predicted molar refractivity (Wildman–Crippen MR) is 42.8 cm³/mol. The molecule has 0 unspecified atom stereocenters. The molecule has 0 aromatic heterocycles. The second-order valence-electron chi connectivity index (χ2n) is 2.32. The summed E-state index contributed by atoms with van der Waals surface area (Å²) < 4.78 is 4.32. The van der Waals surface area contributed by atoms with E-state index in [4.69, 9.17) is 15.3 Å².